The number of hydrogen-bond acceptors (Lipinski definition) is 2. The smallest absolute Gasteiger partial charge is 0.178 e. The number of carbonyl (C=O) groups excluding carboxylic acids is 1. The second kappa shape index (κ2) is 5.51. The molecule has 0 aromatic carbocycles. The number of nitrogens with zero attached hydrogens (tertiary/aromatic N) is 1. The first kappa shape index (κ1) is 16.7. The van der Waals surface area contributed by atoms with Crippen LogP contribution in [0.2, 0.25) is 0 Å². The molecule has 1 aromatic heterocycles. The number of fused-ring (bicyclic) bond motifs is 5. The highest BCUT2D eigenvalue weighted by atomic mass is 16.1. The van der Waals surface area contributed by atoms with E-state index in [-0.39, 0.29) is 16.6 Å². The van der Waals surface area contributed by atoms with Crippen LogP contribution in [0.25, 0.3) is 5.57 Å². The van der Waals surface area contributed by atoms with Gasteiger partial charge in [-0.25, -0.2) is 0 Å². The second-order valence-corrected chi connectivity index (χ2v) is 8.91. The van der Waals surface area contributed by atoms with E-state index >= 15 is 0 Å². The minimum Gasteiger partial charge on any atom is -0.290 e. The normalized spacial score (nSPS) is 37.0. The molecule has 2 saturated carbocycles. The number of pyridine rings is 1. The molecule has 0 N–H and O–H groups in total. The standard InChI is InChI=1S/C25H25NO/c1-16-13-19-21-7-6-20(17-5-4-12-26-15-17)24(21,2)11-9-22(19)25(3)10-8-18(27)14-23(16)25/h4-8,10,12,14-15,19,22H,1,9,11,13H2,2-3H3. The molecule has 5 rings (SSSR count). The van der Waals surface area contributed by atoms with Gasteiger partial charge in [0.2, 0.25) is 0 Å². The summed E-state index contributed by atoms with van der Waals surface area (Å²) in [6.45, 7) is 9.08. The van der Waals surface area contributed by atoms with Gasteiger partial charge in [-0.15, -0.1) is 0 Å². The van der Waals surface area contributed by atoms with Crippen molar-refractivity contribution in [3.63, 3.8) is 0 Å². The Kier molecular flexibility index (Phi) is 3.40. The number of rotatable bonds is 1. The molecule has 4 unspecified atom stereocenters. The molecule has 0 amide bonds. The van der Waals surface area contributed by atoms with E-state index in [9.17, 15) is 4.79 Å². The highest BCUT2D eigenvalue weighted by molar-refractivity contribution is 6.02. The molecule has 0 aliphatic heterocycles. The van der Waals surface area contributed by atoms with E-state index in [0.29, 0.717) is 11.8 Å². The predicted octanol–water partition coefficient (Wildman–Crippen LogP) is 5.47. The first-order valence-corrected chi connectivity index (χ1v) is 9.90. The predicted molar refractivity (Wildman–Crippen MR) is 109 cm³/mol. The summed E-state index contributed by atoms with van der Waals surface area (Å²) >= 11 is 0. The van der Waals surface area contributed by atoms with Crippen LogP contribution in [-0.4, -0.2) is 10.8 Å². The van der Waals surface area contributed by atoms with E-state index in [1.165, 1.54) is 16.7 Å². The first-order valence-electron chi connectivity index (χ1n) is 9.90. The van der Waals surface area contributed by atoms with Gasteiger partial charge in [-0.05, 0) is 66.0 Å². The zero-order chi connectivity index (χ0) is 18.8. The van der Waals surface area contributed by atoms with E-state index in [4.69, 9.17) is 0 Å². The van der Waals surface area contributed by atoms with Crippen molar-refractivity contribution in [3.05, 3.63) is 83.8 Å². The third kappa shape index (κ3) is 2.19. The largest absolute Gasteiger partial charge is 0.290 e. The molecular formula is C25H25NO. The summed E-state index contributed by atoms with van der Waals surface area (Å²) in [6, 6.07) is 4.19. The second-order valence-electron chi connectivity index (χ2n) is 8.91. The fourth-order valence-electron chi connectivity index (χ4n) is 6.15. The Morgan fingerprint density at radius 3 is 2.85 bits per heavy atom. The highest BCUT2D eigenvalue weighted by Crippen LogP contribution is 2.65. The third-order valence-electron chi connectivity index (χ3n) is 7.55. The van der Waals surface area contributed by atoms with Crippen LogP contribution in [0.15, 0.2) is 78.2 Å². The number of hydrogen-bond donors (Lipinski definition) is 0. The minimum absolute atomic E-state index is 0.0763. The zero-order valence-electron chi connectivity index (χ0n) is 16.0. The van der Waals surface area contributed by atoms with Gasteiger partial charge in [-0.3, -0.25) is 9.78 Å². The van der Waals surface area contributed by atoms with Crippen LogP contribution in [0.4, 0.5) is 0 Å². The van der Waals surface area contributed by atoms with Crippen molar-refractivity contribution >= 4 is 11.4 Å². The lowest BCUT2D eigenvalue weighted by molar-refractivity contribution is -0.110. The van der Waals surface area contributed by atoms with Crippen LogP contribution in [0.3, 0.4) is 0 Å². The Balaban J connectivity index is 1.55. The van der Waals surface area contributed by atoms with E-state index < -0.39 is 0 Å². The number of ketones is 1. The molecule has 4 aliphatic carbocycles. The van der Waals surface area contributed by atoms with Crippen molar-refractivity contribution in [1.82, 2.24) is 4.98 Å². The topological polar surface area (TPSA) is 30.0 Å². The molecule has 4 atom stereocenters. The quantitative estimate of drug-likeness (QED) is 0.669. The Labute approximate surface area is 161 Å². The van der Waals surface area contributed by atoms with Crippen molar-refractivity contribution in [2.75, 3.05) is 0 Å². The van der Waals surface area contributed by atoms with Crippen molar-refractivity contribution in [2.24, 2.45) is 22.7 Å². The van der Waals surface area contributed by atoms with Crippen LogP contribution in [-0.2, 0) is 4.79 Å². The molecule has 2 heteroatoms. The van der Waals surface area contributed by atoms with Crippen molar-refractivity contribution in [1.29, 1.82) is 0 Å². The zero-order valence-corrected chi connectivity index (χ0v) is 16.0. The van der Waals surface area contributed by atoms with Gasteiger partial charge in [0.05, 0.1) is 0 Å². The maximum atomic E-state index is 12.0. The van der Waals surface area contributed by atoms with E-state index in [1.807, 2.05) is 24.5 Å². The molecule has 0 spiro atoms. The van der Waals surface area contributed by atoms with E-state index in [1.54, 1.807) is 11.6 Å². The summed E-state index contributed by atoms with van der Waals surface area (Å²) in [4.78, 5) is 16.3. The summed E-state index contributed by atoms with van der Waals surface area (Å²) in [6.07, 6.45) is 17.5. The Morgan fingerprint density at radius 1 is 1.22 bits per heavy atom. The fraction of sp³-hybridized carbons (Fsp3) is 0.360. The van der Waals surface area contributed by atoms with Gasteiger partial charge in [0.1, 0.15) is 0 Å². The molecule has 0 bridgehead atoms. The van der Waals surface area contributed by atoms with Gasteiger partial charge < -0.3 is 0 Å². The van der Waals surface area contributed by atoms with E-state index in [2.05, 4.69) is 49.7 Å². The molecule has 0 radical (unpaired) electrons. The lowest BCUT2D eigenvalue weighted by Gasteiger charge is -2.55. The Hall–Kier alpha value is -2.48. The fourth-order valence-corrected chi connectivity index (χ4v) is 6.15. The minimum atomic E-state index is -0.0763. The monoisotopic (exact) mass is 355 g/mol. The molecule has 1 aromatic rings. The van der Waals surface area contributed by atoms with Gasteiger partial charge in [-0.2, -0.15) is 0 Å². The molecule has 136 valence electrons. The summed E-state index contributed by atoms with van der Waals surface area (Å²) in [5.74, 6) is 1.12. The maximum absolute atomic E-state index is 12.0. The van der Waals surface area contributed by atoms with Gasteiger partial charge in [0, 0.05) is 23.2 Å². The molecule has 4 aliphatic rings. The van der Waals surface area contributed by atoms with Crippen LogP contribution < -0.4 is 0 Å². The van der Waals surface area contributed by atoms with Gasteiger partial charge in [0.15, 0.2) is 5.78 Å². The lowest BCUT2D eigenvalue weighted by atomic mass is 9.48. The van der Waals surface area contributed by atoms with Crippen molar-refractivity contribution < 1.29 is 4.79 Å². The van der Waals surface area contributed by atoms with Crippen LogP contribution >= 0.6 is 0 Å². The summed E-state index contributed by atoms with van der Waals surface area (Å²) in [5, 5.41) is 0. The molecule has 27 heavy (non-hydrogen) atoms. The number of aromatic nitrogens is 1. The van der Waals surface area contributed by atoms with Crippen LogP contribution in [0.5, 0.6) is 0 Å². The summed E-state index contributed by atoms with van der Waals surface area (Å²) in [7, 11) is 0. The highest BCUT2D eigenvalue weighted by Gasteiger charge is 2.54. The first-order chi connectivity index (χ1) is 12.9. The van der Waals surface area contributed by atoms with E-state index in [0.717, 1.165) is 24.8 Å². The third-order valence-corrected chi connectivity index (χ3v) is 7.55. The summed E-state index contributed by atoms with van der Waals surface area (Å²) < 4.78 is 0. The molecule has 2 fully saturated rings. The van der Waals surface area contributed by atoms with Crippen molar-refractivity contribution in [3.8, 4) is 0 Å². The Morgan fingerprint density at radius 2 is 2.07 bits per heavy atom. The average Bonchev–Trinajstić information content (AvgIpc) is 3.01. The average molecular weight is 355 g/mol. The number of carbonyl (C=O) groups is 1. The number of allylic oxidation sites excluding steroid dienone is 9. The van der Waals surface area contributed by atoms with Crippen LogP contribution in [0.1, 0.15) is 38.7 Å². The van der Waals surface area contributed by atoms with Gasteiger partial charge in [-0.1, -0.05) is 55.9 Å². The summed E-state index contributed by atoms with van der Waals surface area (Å²) in [5.41, 5.74) is 6.48. The molecular weight excluding hydrogens is 330 g/mol. The molecule has 1 heterocycles. The SMILES string of the molecule is C=C1CC2C3=CC=C(c4cccnc4)C3(C)CCC2C2(C)C=CC(=O)C=C12. The van der Waals surface area contributed by atoms with Crippen molar-refractivity contribution in [2.45, 2.75) is 33.1 Å². The lowest BCUT2D eigenvalue weighted by Crippen LogP contribution is -2.46. The van der Waals surface area contributed by atoms with Crippen LogP contribution in [0, 0.1) is 22.7 Å². The Bertz CT molecular complexity index is 977. The molecule has 2 nitrogen and oxygen atoms in total. The van der Waals surface area contributed by atoms with Gasteiger partial charge in [0.25, 0.3) is 0 Å². The molecule has 0 saturated heterocycles. The maximum Gasteiger partial charge on any atom is 0.178 e. The van der Waals surface area contributed by atoms with Gasteiger partial charge >= 0.3 is 0 Å².